The highest BCUT2D eigenvalue weighted by Crippen LogP contribution is 2.12. The van der Waals surface area contributed by atoms with Crippen molar-refractivity contribution in [2.75, 3.05) is 32.0 Å². The first kappa shape index (κ1) is 22.5. The Hall–Kier alpha value is -1.49. The van der Waals surface area contributed by atoms with Crippen molar-refractivity contribution in [2.24, 2.45) is 17.4 Å². The summed E-state index contributed by atoms with van der Waals surface area (Å²) in [7, 11) is 0. The van der Waals surface area contributed by atoms with Gasteiger partial charge in [-0.15, -0.1) is 11.8 Å². The first-order chi connectivity index (χ1) is 11.4. The minimum absolute atomic E-state index is 0.0358. The second-order valence-corrected chi connectivity index (χ2v) is 5.89. The van der Waals surface area contributed by atoms with Crippen molar-refractivity contribution in [1.82, 2.24) is 5.32 Å². The zero-order valence-corrected chi connectivity index (χ0v) is 14.7. The van der Waals surface area contributed by atoms with Crippen LogP contribution in [-0.4, -0.2) is 61.1 Å². The van der Waals surface area contributed by atoms with Crippen LogP contribution < -0.4 is 16.8 Å². The quantitative estimate of drug-likeness (QED) is 0.220. The normalized spacial score (nSPS) is 13.0. The highest BCUT2D eigenvalue weighted by atomic mass is 32.2. The Morgan fingerprint density at radius 1 is 1.17 bits per heavy atom. The van der Waals surface area contributed by atoms with Crippen LogP contribution >= 0.6 is 11.8 Å². The largest absolute Gasteiger partial charge is 0.391 e. The van der Waals surface area contributed by atoms with E-state index in [0.29, 0.717) is 12.4 Å². The number of carbonyl (C=O) groups excluding carboxylic acids is 4. The van der Waals surface area contributed by atoms with E-state index in [4.69, 9.17) is 16.2 Å². The molecule has 0 heterocycles. The van der Waals surface area contributed by atoms with Crippen molar-refractivity contribution in [3.63, 3.8) is 0 Å². The van der Waals surface area contributed by atoms with E-state index in [-0.39, 0.29) is 19.5 Å². The van der Waals surface area contributed by atoms with Gasteiger partial charge in [-0.2, -0.15) is 0 Å². The fraction of sp³-hybridized carbons (Fsp3) is 0.714. The van der Waals surface area contributed by atoms with Crippen molar-refractivity contribution < 1.29 is 28.7 Å². The minimum atomic E-state index is -1.17. The highest BCUT2D eigenvalue weighted by Gasteiger charge is 2.28. The van der Waals surface area contributed by atoms with Crippen LogP contribution in [0.1, 0.15) is 20.3 Å². The number of nitrogens with one attached hydrogen (secondary N) is 1. The number of nitrogens with two attached hydrogens (primary N) is 2. The molecule has 1 amide bonds. The lowest BCUT2D eigenvalue weighted by Gasteiger charge is -2.15. The van der Waals surface area contributed by atoms with Gasteiger partial charge in [-0.05, 0) is 25.6 Å². The zero-order chi connectivity index (χ0) is 18.5. The van der Waals surface area contributed by atoms with Crippen LogP contribution in [0.25, 0.3) is 0 Å². The van der Waals surface area contributed by atoms with Crippen LogP contribution in [0.5, 0.6) is 0 Å². The maximum Gasteiger partial charge on any atom is 0.333 e. The fourth-order valence-corrected chi connectivity index (χ4v) is 2.45. The molecule has 2 unspecified atom stereocenters. The van der Waals surface area contributed by atoms with E-state index in [0.717, 1.165) is 0 Å². The second-order valence-electron chi connectivity index (χ2n) is 4.55. The summed E-state index contributed by atoms with van der Waals surface area (Å²) in [5.41, 5.74) is 9.78. The van der Waals surface area contributed by atoms with Gasteiger partial charge in [0.25, 0.3) is 5.91 Å². The maximum atomic E-state index is 11.9. The number of ether oxygens (including phenoxy) is 2. The van der Waals surface area contributed by atoms with Gasteiger partial charge in [0, 0.05) is 6.61 Å². The Bertz CT molecular complexity index is 440. The summed E-state index contributed by atoms with van der Waals surface area (Å²) in [6, 6.07) is 0. The molecule has 0 aliphatic carbocycles. The first-order valence-electron chi connectivity index (χ1n) is 7.59. The number of ketones is 1. The van der Waals surface area contributed by atoms with Gasteiger partial charge >= 0.3 is 11.9 Å². The molecular formula is C14H25N3O6S. The van der Waals surface area contributed by atoms with Gasteiger partial charge < -0.3 is 26.3 Å². The number of carbonyl (C=O) groups is 4. The molecule has 0 saturated heterocycles. The molecule has 0 fully saturated rings. The molecule has 9 nitrogen and oxygen atoms in total. The lowest BCUT2D eigenvalue weighted by atomic mass is 10.0. The Morgan fingerprint density at radius 3 is 2.33 bits per heavy atom. The lowest BCUT2D eigenvalue weighted by Crippen LogP contribution is -2.40. The first-order valence-corrected chi connectivity index (χ1v) is 8.64. The third-order valence-corrected chi connectivity index (χ3v) is 3.79. The predicted octanol–water partition coefficient (Wildman–Crippen LogP) is -1.22. The third-order valence-electron chi connectivity index (χ3n) is 2.80. The number of hydrogen-bond acceptors (Lipinski definition) is 9. The predicted molar refractivity (Wildman–Crippen MR) is 88.9 cm³/mol. The van der Waals surface area contributed by atoms with E-state index in [2.05, 4.69) is 10.1 Å². The van der Waals surface area contributed by atoms with E-state index in [1.54, 1.807) is 6.92 Å². The molecule has 24 heavy (non-hydrogen) atoms. The molecule has 0 aromatic heterocycles. The Morgan fingerprint density at radius 2 is 1.83 bits per heavy atom. The van der Waals surface area contributed by atoms with E-state index in [9.17, 15) is 19.2 Å². The lowest BCUT2D eigenvalue weighted by molar-refractivity contribution is -0.163. The summed E-state index contributed by atoms with van der Waals surface area (Å²) in [5.74, 6) is -3.56. The SMILES string of the molecule is CCOC(SCC)C(=O)NCC(=O)OC(=O)C(CCN)C(=O)CN. The van der Waals surface area contributed by atoms with Gasteiger partial charge in [-0.3, -0.25) is 14.4 Å². The monoisotopic (exact) mass is 363 g/mol. The number of amides is 1. The van der Waals surface area contributed by atoms with Crippen LogP contribution in [0.2, 0.25) is 0 Å². The van der Waals surface area contributed by atoms with Gasteiger partial charge in [0.1, 0.15) is 12.5 Å². The molecular weight excluding hydrogens is 338 g/mol. The molecule has 10 heteroatoms. The van der Waals surface area contributed by atoms with Crippen molar-refractivity contribution in [2.45, 2.75) is 25.7 Å². The van der Waals surface area contributed by atoms with E-state index < -0.39 is 41.5 Å². The molecule has 138 valence electrons. The molecule has 5 N–H and O–H groups in total. The van der Waals surface area contributed by atoms with Crippen LogP contribution in [0.15, 0.2) is 0 Å². The van der Waals surface area contributed by atoms with Crippen LogP contribution in [0.3, 0.4) is 0 Å². The Balaban J connectivity index is 4.48. The van der Waals surface area contributed by atoms with Crippen molar-refractivity contribution in [1.29, 1.82) is 0 Å². The molecule has 0 rings (SSSR count). The number of rotatable bonds is 12. The Labute approximate surface area is 145 Å². The van der Waals surface area contributed by atoms with Crippen molar-refractivity contribution in [3.05, 3.63) is 0 Å². The smallest absolute Gasteiger partial charge is 0.333 e. The second kappa shape index (κ2) is 12.9. The summed E-state index contributed by atoms with van der Waals surface area (Å²) < 4.78 is 9.80. The topological polar surface area (TPSA) is 151 Å². The summed E-state index contributed by atoms with van der Waals surface area (Å²) >= 11 is 1.27. The molecule has 0 aliphatic rings. The third kappa shape index (κ3) is 8.39. The number of thioether (sulfide) groups is 1. The van der Waals surface area contributed by atoms with Crippen molar-refractivity contribution >= 4 is 35.4 Å². The number of Topliss-reactive ketones (excluding diaryl/α,β-unsaturated/α-hetero) is 1. The highest BCUT2D eigenvalue weighted by molar-refractivity contribution is 8.00. The summed E-state index contributed by atoms with van der Waals surface area (Å²) in [5, 5.41) is 2.33. The molecule has 0 aromatic carbocycles. The average molecular weight is 363 g/mol. The van der Waals surface area contributed by atoms with Crippen LogP contribution in [-0.2, 0) is 28.7 Å². The zero-order valence-electron chi connectivity index (χ0n) is 13.9. The molecule has 0 radical (unpaired) electrons. The van der Waals surface area contributed by atoms with E-state index >= 15 is 0 Å². The van der Waals surface area contributed by atoms with Gasteiger partial charge in [-0.1, -0.05) is 6.92 Å². The molecule has 0 aliphatic heterocycles. The Kier molecular flexibility index (Phi) is 12.1. The molecule has 0 saturated carbocycles. The standard InChI is InChI=1S/C14H25N3O6S/c1-3-22-14(24-4-2)12(20)17-8-11(19)23-13(21)9(5-6-15)10(18)7-16/h9,14H,3-8,15-16H2,1-2H3,(H,17,20). The van der Waals surface area contributed by atoms with Crippen molar-refractivity contribution in [3.8, 4) is 0 Å². The minimum Gasteiger partial charge on any atom is -0.391 e. The fourth-order valence-electron chi connectivity index (χ4n) is 1.68. The molecule has 0 spiro atoms. The van der Waals surface area contributed by atoms with Gasteiger partial charge in [0.05, 0.1) is 6.54 Å². The number of esters is 2. The summed E-state index contributed by atoms with van der Waals surface area (Å²) in [6.07, 6.45) is 0.0358. The summed E-state index contributed by atoms with van der Waals surface area (Å²) in [4.78, 5) is 46.9. The van der Waals surface area contributed by atoms with Crippen LogP contribution in [0, 0.1) is 5.92 Å². The molecule has 0 aromatic rings. The van der Waals surface area contributed by atoms with E-state index in [1.165, 1.54) is 11.8 Å². The van der Waals surface area contributed by atoms with Crippen LogP contribution in [0.4, 0.5) is 0 Å². The van der Waals surface area contributed by atoms with Gasteiger partial charge in [0.15, 0.2) is 11.2 Å². The molecule has 2 atom stereocenters. The van der Waals surface area contributed by atoms with Gasteiger partial charge in [0.2, 0.25) is 0 Å². The average Bonchev–Trinajstić information content (AvgIpc) is 2.56. The molecule has 0 bridgehead atoms. The summed E-state index contributed by atoms with van der Waals surface area (Å²) in [6.45, 7) is 3.16. The van der Waals surface area contributed by atoms with E-state index in [1.807, 2.05) is 6.92 Å². The number of hydrogen-bond donors (Lipinski definition) is 3. The maximum absolute atomic E-state index is 11.9. The van der Waals surface area contributed by atoms with Gasteiger partial charge in [-0.25, -0.2) is 4.79 Å².